The van der Waals surface area contributed by atoms with Crippen LogP contribution in [-0.2, 0) is 11.3 Å². The van der Waals surface area contributed by atoms with Crippen LogP contribution in [0.3, 0.4) is 0 Å². The SMILES string of the molecule is COc1ccccc1NC(=O)N1[C@@H](C(=O)NCc2ccc(Cl)cc2)CS[C@H]1c1ccccc1. The van der Waals surface area contributed by atoms with Crippen LogP contribution in [0.5, 0.6) is 5.75 Å². The Morgan fingerprint density at radius 1 is 1.03 bits per heavy atom. The summed E-state index contributed by atoms with van der Waals surface area (Å²) in [6.07, 6.45) is 0. The van der Waals surface area contributed by atoms with Crippen molar-refractivity contribution in [3.05, 3.63) is 95.0 Å². The monoisotopic (exact) mass is 481 g/mol. The van der Waals surface area contributed by atoms with Gasteiger partial charge in [0.05, 0.1) is 12.8 Å². The fourth-order valence-corrected chi connectivity index (χ4v) is 5.22. The van der Waals surface area contributed by atoms with E-state index in [1.165, 1.54) is 0 Å². The normalized spacial score (nSPS) is 17.5. The van der Waals surface area contributed by atoms with Gasteiger partial charge >= 0.3 is 6.03 Å². The third-order valence-corrected chi connectivity index (χ3v) is 6.93. The van der Waals surface area contributed by atoms with Crippen LogP contribution in [0.1, 0.15) is 16.5 Å². The Morgan fingerprint density at radius 2 is 1.73 bits per heavy atom. The van der Waals surface area contributed by atoms with Gasteiger partial charge in [0.2, 0.25) is 5.91 Å². The molecule has 3 aromatic carbocycles. The third-order valence-electron chi connectivity index (χ3n) is 5.35. The minimum Gasteiger partial charge on any atom is -0.495 e. The molecule has 3 aromatic rings. The highest BCUT2D eigenvalue weighted by atomic mass is 35.5. The number of carbonyl (C=O) groups is 2. The molecule has 1 aliphatic rings. The number of methoxy groups -OCH3 is 1. The Kier molecular flexibility index (Phi) is 7.42. The highest BCUT2D eigenvalue weighted by Crippen LogP contribution is 2.42. The van der Waals surface area contributed by atoms with Gasteiger partial charge in [0.25, 0.3) is 0 Å². The zero-order chi connectivity index (χ0) is 23.2. The summed E-state index contributed by atoms with van der Waals surface area (Å²) in [6, 6.07) is 23.2. The summed E-state index contributed by atoms with van der Waals surface area (Å²) in [4.78, 5) is 28.2. The second kappa shape index (κ2) is 10.6. The molecule has 1 saturated heterocycles. The van der Waals surface area contributed by atoms with E-state index in [4.69, 9.17) is 16.3 Å². The summed E-state index contributed by atoms with van der Waals surface area (Å²) in [7, 11) is 1.55. The van der Waals surface area contributed by atoms with Gasteiger partial charge in [-0.1, -0.05) is 66.2 Å². The van der Waals surface area contributed by atoms with Crippen molar-refractivity contribution in [2.75, 3.05) is 18.2 Å². The molecule has 2 atom stereocenters. The lowest BCUT2D eigenvalue weighted by atomic mass is 10.1. The van der Waals surface area contributed by atoms with E-state index in [2.05, 4.69) is 10.6 Å². The lowest BCUT2D eigenvalue weighted by Gasteiger charge is -2.29. The number of thioether (sulfide) groups is 1. The fourth-order valence-electron chi connectivity index (χ4n) is 3.67. The minimum atomic E-state index is -0.623. The van der Waals surface area contributed by atoms with Crippen LogP contribution < -0.4 is 15.4 Å². The summed E-state index contributed by atoms with van der Waals surface area (Å²) < 4.78 is 5.36. The summed E-state index contributed by atoms with van der Waals surface area (Å²) >= 11 is 7.51. The first-order chi connectivity index (χ1) is 16.1. The van der Waals surface area contributed by atoms with Crippen molar-refractivity contribution in [2.45, 2.75) is 18.0 Å². The van der Waals surface area contributed by atoms with Crippen molar-refractivity contribution < 1.29 is 14.3 Å². The van der Waals surface area contributed by atoms with E-state index >= 15 is 0 Å². The van der Waals surface area contributed by atoms with Gasteiger partial charge in [-0.2, -0.15) is 0 Å². The molecule has 0 saturated carbocycles. The van der Waals surface area contributed by atoms with Crippen LogP contribution in [0.15, 0.2) is 78.9 Å². The van der Waals surface area contributed by atoms with Gasteiger partial charge < -0.3 is 15.4 Å². The minimum absolute atomic E-state index is 0.203. The van der Waals surface area contributed by atoms with Crippen LogP contribution in [0.2, 0.25) is 5.02 Å². The number of ether oxygens (including phenoxy) is 1. The molecule has 0 unspecified atom stereocenters. The summed E-state index contributed by atoms with van der Waals surface area (Å²) in [5.74, 6) is 0.842. The first-order valence-corrected chi connectivity index (χ1v) is 11.9. The first-order valence-electron chi connectivity index (χ1n) is 10.5. The van der Waals surface area contributed by atoms with Gasteiger partial charge in [-0.05, 0) is 35.4 Å². The standard InChI is InChI=1S/C25H24ClN3O3S/c1-32-22-10-6-5-9-20(22)28-25(31)29-21(16-33-24(29)18-7-3-2-4-8-18)23(30)27-15-17-11-13-19(26)14-12-17/h2-14,21,24H,15-16H2,1H3,(H,27,30)(H,28,31)/t21-,24+/m1/s1. The van der Waals surface area contributed by atoms with Gasteiger partial charge in [0.15, 0.2) is 0 Å². The summed E-state index contributed by atoms with van der Waals surface area (Å²) in [5.41, 5.74) is 2.45. The molecule has 0 radical (unpaired) electrons. The molecule has 0 aliphatic carbocycles. The van der Waals surface area contributed by atoms with Crippen molar-refractivity contribution in [3.63, 3.8) is 0 Å². The molecule has 3 amide bonds. The molecule has 1 aliphatic heterocycles. The van der Waals surface area contributed by atoms with Crippen LogP contribution in [0.4, 0.5) is 10.5 Å². The molecule has 33 heavy (non-hydrogen) atoms. The molecule has 8 heteroatoms. The number of hydrogen-bond donors (Lipinski definition) is 2. The van der Waals surface area contributed by atoms with E-state index < -0.39 is 6.04 Å². The van der Waals surface area contributed by atoms with Gasteiger partial charge in [-0.25, -0.2) is 4.79 Å². The highest BCUT2D eigenvalue weighted by molar-refractivity contribution is 7.99. The number of rotatable bonds is 6. The molecular weight excluding hydrogens is 458 g/mol. The number of nitrogens with zero attached hydrogens (tertiary/aromatic N) is 1. The smallest absolute Gasteiger partial charge is 0.323 e. The summed E-state index contributed by atoms with van der Waals surface area (Å²) in [6.45, 7) is 0.356. The largest absolute Gasteiger partial charge is 0.495 e. The van der Waals surface area contributed by atoms with Gasteiger partial charge in [0.1, 0.15) is 17.2 Å². The first kappa shape index (κ1) is 23.0. The van der Waals surface area contributed by atoms with E-state index in [9.17, 15) is 9.59 Å². The van der Waals surface area contributed by atoms with Crippen LogP contribution in [0, 0.1) is 0 Å². The Bertz CT molecular complexity index is 1110. The number of nitrogens with one attached hydrogen (secondary N) is 2. The van der Waals surface area contributed by atoms with E-state index in [0.29, 0.717) is 28.8 Å². The number of hydrogen-bond acceptors (Lipinski definition) is 4. The van der Waals surface area contributed by atoms with Crippen molar-refractivity contribution in [2.24, 2.45) is 0 Å². The molecule has 0 aromatic heterocycles. The number of amides is 3. The number of benzene rings is 3. The number of para-hydroxylation sites is 2. The second-order valence-electron chi connectivity index (χ2n) is 7.49. The van der Waals surface area contributed by atoms with Crippen molar-refractivity contribution in [1.29, 1.82) is 0 Å². The van der Waals surface area contributed by atoms with Crippen molar-refractivity contribution in [3.8, 4) is 5.75 Å². The van der Waals surface area contributed by atoms with Crippen molar-refractivity contribution >= 4 is 41.0 Å². The number of anilines is 1. The van der Waals surface area contributed by atoms with E-state index in [0.717, 1.165) is 11.1 Å². The maximum absolute atomic E-state index is 13.4. The maximum Gasteiger partial charge on any atom is 0.323 e. The van der Waals surface area contributed by atoms with Crippen LogP contribution >= 0.6 is 23.4 Å². The Balaban J connectivity index is 1.55. The predicted molar refractivity (Wildman–Crippen MR) is 133 cm³/mol. The number of carbonyl (C=O) groups excluding carboxylic acids is 2. The number of halogens is 1. The maximum atomic E-state index is 13.4. The lowest BCUT2D eigenvalue weighted by Crippen LogP contribution is -2.49. The topological polar surface area (TPSA) is 70.7 Å². The molecule has 1 heterocycles. The molecule has 4 rings (SSSR count). The summed E-state index contributed by atoms with van der Waals surface area (Å²) in [5, 5.41) is 6.24. The fraction of sp³-hybridized carbons (Fsp3) is 0.200. The van der Waals surface area contributed by atoms with Crippen molar-refractivity contribution in [1.82, 2.24) is 10.2 Å². The quantitative estimate of drug-likeness (QED) is 0.500. The Labute approximate surface area is 202 Å². The zero-order valence-electron chi connectivity index (χ0n) is 18.0. The van der Waals surface area contributed by atoms with Gasteiger partial charge in [-0.3, -0.25) is 9.69 Å². The molecule has 0 bridgehead atoms. The Hall–Kier alpha value is -3.16. The van der Waals surface area contributed by atoms with Gasteiger partial charge in [0, 0.05) is 17.3 Å². The number of urea groups is 1. The van der Waals surface area contributed by atoms with E-state index in [1.54, 1.807) is 48.0 Å². The molecule has 0 spiro atoms. The van der Waals surface area contributed by atoms with Gasteiger partial charge in [-0.15, -0.1) is 11.8 Å². The second-order valence-corrected chi connectivity index (χ2v) is 9.04. The predicted octanol–water partition coefficient (Wildman–Crippen LogP) is 5.31. The molecule has 170 valence electrons. The molecule has 6 nitrogen and oxygen atoms in total. The Morgan fingerprint density at radius 3 is 2.45 bits per heavy atom. The highest BCUT2D eigenvalue weighted by Gasteiger charge is 2.42. The van der Waals surface area contributed by atoms with Crippen LogP contribution in [-0.4, -0.2) is 35.7 Å². The van der Waals surface area contributed by atoms with E-state index in [-0.39, 0.29) is 17.3 Å². The van der Waals surface area contributed by atoms with E-state index in [1.807, 2.05) is 54.6 Å². The zero-order valence-corrected chi connectivity index (χ0v) is 19.6. The average Bonchev–Trinajstić information content (AvgIpc) is 3.30. The molecule has 2 N–H and O–H groups in total. The third kappa shape index (κ3) is 5.43. The lowest BCUT2D eigenvalue weighted by molar-refractivity contribution is -0.124. The average molecular weight is 482 g/mol. The molecular formula is C25H24ClN3O3S. The molecule has 1 fully saturated rings. The van der Waals surface area contributed by atoms with Crippen LogP contribution in [0.25, 0.3) is 0 Å².